The van der Waals surface area contributed by atoms with E-state index in [1.807, 2.05) is 0 Å². The minimum atomic E-state index is -1.42. The molecule has 7 nitrogen and oxygen atoms in total. The summed E-state index contributed by atoms with van der Waals surface area (Å²) in [6.07, 6.45) is -0.266. The number of nitro groups is 1. The molecule has 0 bridgehead atoms. The number of aromatic nitrogens is 2. The summed E-state index contributed by atoms with van der Waals surface area (Å²) in [6.45, 7) is -0.340. The molecule has 0 saturated carbocycles. The normalized spacial score (nSPS) is 12.3. The molecule has 0 amide bonds. The van der Waals surface area contributed by atoms with Gasteiger partial charge in [-0.1, -0.05) is 6.07 Å². The summed E-state index contributed by atoms with van der Waals surface area (Å²) in [5, 5.41) is 21.0. The minimum absolute atomic E-state index is 0.00322. The van der Waals surface area contributed by atoms with Gasteiger partial charge in [-0.05, 0) is 12.1 Å². The van der Waals surface area contributed by atoms with Crippen molar-refractivity contribution in [3.05, 3.63) is 80.4 Å². The van der Waals surface area contributed by atoms with Crippen molar-refractivity contribution in [1.82, 2.24) is 9.55 Å². The smallest absolute Gasteiger partial charge is 0.270 e. The molecule has 1 unspecified atom stereocenters. The maximum absolute atomic E-state index is 13.7. The van der Waals surface area contributed by atoms with Gasteiger partial charge in [0.05, 0.1) is 34.8 Å². The Morgan fingerprint density at radius 1 is 1.24 bits per heavy atom. The summed E-state index contributed by atoms with van der Waals surface area (Å²) in [5.74, 6) is -1.73. The number of halogens is 2. The monoisotopic (exact) mass is 347 g/mol. The number of fused-ring (bicyclic) bond motifs is 1. The van der Waals surface area contributed by atoms with Gasteiger partial charge in [0.25, 0.3) is 11.2 Å². The van der Waals surface area contributed by atoms with E-state index in [4.69, 9.17) is 0 Å². The third-order valence-corrected chi connectivity index (χ3v) is 3.71. The van der Waals surface area contributed by atoms with Crippen LogP contribution in [-0.2, 0) is 6.54 Å². The molecule has 1 aromatic heterocycles. The molecule has 1 atom stereocenters. The Balaban J connectivity index is 1.99. The van der Waals surface area contributed by atoms with Crippen LogP contribution >= 0.6 is 0 Å². The molecule has 0 radical (unpaired) electrons. The topological polar surface area (TPSA) is 98.3 Å². The molecule has 1 heterocycles. The number of nitro benzene ring substituents is 1. The van der Waals surface area contributed by atoms with Crippen LogP contribution in [0.3, 0.4) is 0 Å². The number of hydrogen-bond acceptors (Lipinski definition) is 5. The Morgan fingerprint density at radius 2 is 2.00 bits per heavy atom. The summed E-state index contributed by atoms with van der Waals surface area (Å²) in [6, 6.07) is 6.36. The highest BCUT2D eigenvalue weighted by Crippen LogP contribution is 2.20. The van der Waals surface area contributed by atoms with Gasteiger partial charge in [0.15, 0.2) is 0 Å². The van der Waals surface area contributed by atoms with Crippen molar-refractivity contribution >= 4 is 16.6 Å². The largest absolute Gasteiger partial charge is 0.386 e. The van der Waals surface area contributed by atoms with Gasteiger partial charge < -0.3 is 5.11 Å². The van der Waals surface area contributed by atoms with Crippen LogP contribution in [-0.4, -0.2) is 19.6 Å². The maximum Gasteiger partial charge on any atom is 0.270 e. The zero-order chi connectivity index (χ0) is 18.1. The summed E-state index contributed by atoms with van der Waals surface area (Å²) < 4.78 is 27.7. The number of rotatable bonds is 4. The zero-order valence-corrected chi connectivity index (χ0v) is 12.6. The molecule has 128 valence electrons. The van der Waals surface area contributed by atoms with Crippen molar-refractivity contribution in [3.63, 3.8) is 0 Å². The summed E-state index contributed by atoms with van der Waals surface area (Å²) in [7, 11) is 0. The zero-order valence-electron chi connectivity index (χ0n) is 12.6. The highest BCUT2D eigenvalue weighted by molar-refractivity contribution is 5.79. The van der Waals surface area contributed by atoms with Crippen molar-refractivity contribution in [3.8, 4) is 0 Å². The quantitative estimate of drug-likeness (QED) is 0.577. The molecule has 3 rings (SSSR count). The second-order valence-electron chi connectivity index (χ2n) is 5.34. The van der Waals surface area contributed by atoms with E-state index in [2.05, 4.69) is 4.98 Å². The van der Waals surface area contributed by atoms with Crippen molar-refractivity contribution < 1.29 is 18.8 Å². The molecule has 25 heavy (non-hydrogen) atoms. The van der Waals surface area contributed by atoms with Crippen molar-refractivity contribution in [2.75, 3.05) is 0 Å². The van der Waals surface area contributed by atoms with Gasteiger partial charge >= 0.3 is 0 Å². The van der Waals surface area contributed by atoms with Crippen molar-refractivity contribution in [1.29, 1.82) is 0 Å². The average Bonchev–Trinajstić information content (AvgIpc) is 2.57. The van der Waals surface area contributed by atoms with E-state index in [1.165, 1.54) is 12.1 Å². The summed E-state index contributed by atoms with van der Waals surface area (Å²) >= 11 is 0. The van der Waals surface area contributed by atoms with Crippen molar-refractivity contribution in [2.45, 2.75) is 12.6 Å². The lowest BCUT2D eigenvalue weighted by molar-refractivity contribution is -0.384. The molecule has 0 aliphatic heterocycles. The minimum Gasteiger partial charge on any atom is -0.386 e. The molecule has 0 fully saturated rings. The molecule has 0 spiro atoms. The maximum atomic E-state index is 13.7. The lowest BCUT2D eigenvalue weighted by Gasteiger charge is -2.14. The third kappa shape index (κ3) is 3.22. The van der Waals surface area contributed by atoms with Crippen molar-refractivity contribution in [2.24, 2.45) is 0 Å². The van der Waals surface area contributed by atoms with Gasteiger partial charge in [0.2, 0.25) is 0 Å². The van der Waals surface area contributed by atoms with E-state index in [-0.39, 0.29) is 28.7 Å². The second-order valence-corrected chi connectivity index (χ2v) is 5.34. The molecule has 3 aromatic rings. The van der Waals surface area contributed by atoms with Crippen LogP contribution in [0.5, 0.6) is 0 Å². The van der Waals surface area contributed by atoms with Gasteiger partial charge in [-0.2, -0.15) is 0 Å². The van der Waals surface area contributed by atoms with Crippen LogP contribution in [0.25, 0.3) is 10.9 Å². The first kappa shape index (κ1) is 16.7. The van der Waals surface area contributed by atoms with Gasteiger partial charge in [0.1, 0.15) is 11.6 Å². The van der Waals surface area contributed by atoms with Crippen LogP contribution in [0.1, 0.15) is 11.7 Å². The van der Waals surface area contributed by atoms with Crippen LogP contribution in [0.4, 0.5) is 14.5 Å². The van der Waals surface area contributed by atoms with E-state index in [0.29, 0.717) is 6.07 Å². The van der Waals surface area contributed by atoms with E-state index < -0.39 is 28.2 Å². The molecular weight excluding hydrogens is 336 g/mol. The Kier molecular flexibility index (Phi) is 4.24. The standard InChI is InChI=1S/C16H11F2N3O4/c17-9-1-3-11(13(18)5-9)15(22)7-20-8-19-14-4-2-10(21(24)25)6-12(14)16(20)23/h1-6,8,15,22H,7H2. The van der Waals surface area contributed by atoms with E-state index in [0.717, 1.165) is 29.1 Å². The molecule has 1 N–H and O–H groups in total. The van der Waals surface area contributed by atoms with Crippen LogP contribution in [0.15, 0.2) is 47.5 Å². The first-order chi connectivity index (χ1) is 11.9. The van der Waals surface area contributed by atoms with Gasteiger partial charge in [0, 0.05) is 23.8 Å². The van der Waals surface area contributed by atoms with E-state index >= 15 is 0 Å². The molecule has 0 aliphatic carbocycles. The highest BCUT2D eigenvalue weighted by atomic mass is 19.1. The van der Waals surface area contributed by atoms with E-state index in [9.17, 15) is 28.8 Å². The fourth-order valence-electron chi connectivity index (χ4n) is 2.45. The summed E-state index contributed by atoms with van der Waals surface area (Å²) in [5.41, 5.74) is -0.800. The molecule has 9 heteroatoms. The predicted molar refractivity (Wildman–Crippen MR) is 84.0 cm³/mol. The first-order valence-corrected chi connectivity index (χ1v) is 7.13. The Labute approximate surface area is 138 Å². The number of non-ortho nitro benzene ring substituents is 1. The number of aliphatic hydroxyl groups excluding tert-OH is 1. The lowest BCUT2D eigenvalue weighted by Crippen LogP contribution is -2.24. The van der Waals surface area contributed by atoms with Crippen LogP contribution in [0.2, 0.25) is 0 Å². The Morgan fingerprint density at radius 3 is 2.68 bits per heavy atom. The van der Waals surface area contributed by atoms with E-state index in [1.54, 1.807) is 0 Å². The van der Waals surface area contributed by atoms with Crippen LogP contribution in [0, 0.1) is 21.7 Å². The first-order valence-electron chi connectivity index (χ1n) is 7.13. The summed E-state index contributed by atoms with van der Waals surface area (Å²) in [4.78, 5) is 26.6. The SMILES string of the molecule is O=c1c2cc([N+](=O)[O-])ccc2ncn1CC(O)c1ccc(F)cc1F. The Bertz CT molecular complexity index is 1040. The van der Waals surface area contributed by atoms with Gasteiger partial charge in [-0.25, -0.2) is 13.8 Å². The van der Waals surface area contributed by atoms with Crippen LogP contribution < -0.4 is 5.56 Å². The fourth-order valence-corrected chi connectivity index (χ4v) is 2.45. The number of benzene rings is 2. The average molecular weight is 347 g/mol. The fraction of sp³-hybridized carbons (Fsp3) is 0.125. The molecule has 2 aromatic carbocycles. The number of hydrogen-bond donors (Lipinski definition) is 1. The number of nitrogens with zero attached hydrogens (tertiary/aromatic N) is 3. The predicted octanol–water partition coefficient (Wildman–Crippen LogP) is 2.32. The Hall–Kier alpha value is -3.20. The molecular formula is C16H11F2N3O4. The molecule has 0 saturated heterocycles. The highest BCUT2D eigenvalue weighted by Gasteiger charge is 2.17. The number of aliphatic hydroxyl groups is 1. The lowest BCUT2D eigenvalue weighted by atomic mass is 10.1. The van der Waals surface area contributed by atoms with Gasteiger partial charge in [-0.15, -0.1) is 0 Å². The third-order valence-electron chi connectivity index (χ3n) is 3.71. The molecule has 0 aliphatic rings. The second kappa shape index (κ2) is 6.36. The van der Waals surface area contributed by atoms with Gasteiger partial charge in [-0.3, -0.25) is 19.5 Å².